The van der Waals surface area contributed by atoms with Gasteiger partial charge in [0.25, 0.3) is 0 Å². The number of rotatable bonds is 3. The number of nitrogens with zero attached hydrogens (tertiary/aromatic N) is 1. The molecular weight excluding hydrogens is 192 g/mol. The van der Waals surface area contributed by atoms with E-state index in [1.54, 1.807) is 25.8 Å². The van der Waals surface area contributed by atoms with E-state index in [0.29, 0.717) is 6.54 Å². The molecule has 1 amide bonds. The van der Waals surface area contributed by atoms with Crippen molar-refractivity contribution in [2.24, 2.45) is 11.7 Å². The SMILES string of the molecule is CN(CC(C)(C)O)C(=O)C1CCCC1N. The quantitative estimate of drug-likeness (QED) is 0.712. The van der Waals surface area contributed by atoms with E-state index in [2.05, 4.69) is 0 Å². The van der Waals surface area contributed by atoms with Gasteiger partial charge in [-0.2, -0.15) is 0 Å². The van der Waals surface area contributed by atoms with Crippen LogP contribution in [0.2, 0.25) is 0 Å². The van der Waals surface area contributed by atoms with E-state index >= 15 is 0 Å². The van der Waals surface area contributed by atoms with Crippen LogP contribution in [0.3, 0.4) is 0 Å². The van der Waals surface area contributed by atoms with Gasteiger partial charge >= 0.3 is 0 Å². The summed E-state index contributed by atoms with van der Waals surface area (Å²) in [5, 5.41) is 9.62. The van der Waals surface area contributed by atoms with Crippen molar-refractivity contribution in [2.75, 3.05) is 13.6 Å². The molecule has 0 saturated heterocycles. The van der Waals surface area contributed by atoms with Crippen molar-refractivity contribution in [1.82, 2.24) is 4.90 Å². The summed E-state index contributed by atoms with van der Waals surface area (Å²) in [5.41, 5.74) is 5.03. The van der Waals surface area contributed by atoms with Crippen molar-refractivity contribution in [3.05, 3.63) is 0 Å². The molecule has 1 aliphatic rings. The van der Waals surface area contributed by atoms with Crippen LogP contribution >= 0.6 is 0 Å². The molecule has 0 aliphatic heterocycles. The normalized spacial score (nSPS) is 26.7. The Morgan fingerprint density at radius 2 is 2.13 bits per heavy atom. The van der Waals surface area contributed by atoms with Crippen LogP contribution in [0.4, 0.5) is 0 Å². The summed E-state index contributed by atoms with van der Waals surface area (Å²) in [4.78, 5) is 13.6. The van der Waals surface area contributed by atoms with Crippen LogP contribution in [0, 0.1) is 5.92 Å². The second-order valence-corrected chi connectivity index (χ2v) is 5.21. The topological polar surface area (TPSA) is 66.6 Å². The number of carbonyl (C=O) groups excluding carboxylic acids is 1. The lowest BCUT2D eigenvalue weighted by Crippen LogP contribution is -2.45. The van der Waals surface area contributed by atoms with Gasteiger partial charge in [0.15, 0.2) is 0 Å². The average molecular weight is 214 g/mol. The third kappa shape index (κ3) is 3.47. The first-order valence-electron chi connectivity index (χ1n) is 5.54. The molecule has 1 rings (SSSR count). The Morgan fingerprint density at radius 1 is 1.53 bits per heavy atom. The van der Waals surface area contributed by atoms with Crippen LogP contribution in [0.15, 0.2) is 0 Å². The highest BCUT2D eigenvalue weighted by atomic mass is 16.3. The molecule has 88 valence electrons. The van der Waals surface area contributed by atoms with Crippen LogP contribution < -0.4 is 5.73 Å². The minimum absolute atomic E-state index is 0.00163. The molecule has 15 heavy (non-hydrogen) atoms. The van der Waals surface area contributed by atoms with Crippen LogP contribution in [0.1, 0.15) is 33.1 Å². The summed E-state index contributed by atoms with van der Waals surface area (Å²) in [7, 11) is 1.73. The molecule has 0 aromatic rings. The van der Waals surface area contributed by atoms with E-state index in [-0.39, 0.29) is 17.9 Å². The van der Waals surface area contributed by atoms with Gasteiger partial charge in [-0.25, -0.2) is 0 Å². The molecule has 0 heterocycles. The first-order chi connectivity index (χ1) is 6.81. The largest absolute Gasteiger partial charge is 0.389 e. The second-order valence-electron chi connectivity index (χ2n) is 5.21. The molecule has 1 fully saturated rings. The van der Waals surface area contributed by atoms with Crippen LogP contribution in [-0.2, 0) is 4.79 Å². The summed E-state index contributed by atoms with van der Waals surface area (Å²) in [6.45, 7) is 3.76. The zero-order chi connectivity index (χ0) is 11.6. The standard InChI is InChI=1S/C11H22N2O2/c1-11(2,15)7-13(3)10(14)8-5-4-6-9(8)12/h8-9,15H,4-7,12H2,1-3H3. The minimum atomic E-state index is -0.840. The van der Waals surface area contributed by atoms with Gasteiger partial charge in [0.2, 0.25) is 5.91 Å². The third-order valence-corrected chi connectivity index (χ3v) is 2.89. The molecule has 1 saturated carbocycles. The van der Waals surface area contributed by atoms with Crippen molar-refractivity contribution in [2.45, 2.75) is 44.8 Å². The van der Waals surface area contributed by atoms with Gasteiger partial charge in [-0.1, -0.05) is 6.42 Å². The molecule has 0 radical (unpaired) electrons. The van der Waals surface area contributed by atoms with Crippen molar-refractivity contribution in [3.8, 4) is 0 Å². The molecule has 1 aliphatic carbocycles. The third-order valence-electron chi connectivity index (χ3n) is 2.89. The van der Waals surface area contributed by atoms with Crippen molar-refractivity contribution >= 4 is 5.91 Å². The summed E-state index contributed by atoms with van der Waals surface area (Å²) in [5.74, 6) is 0.0273. The van der Waals surface area contributed by atoms with E-state index in [4.69, 9.17) is 5.73 Å². The maximum Gasteiger partial charge on any atom is 0.227 e. The smallest absolute Gasteiger partial charge is 0.227 e. The second kappa shape index (κ2) is 4.49. The Labute approximate surface area is 91.4 Å². The van der Waals surface area contributed by atoms with Crippen LogP contribution in [-0.4, -0.2) is 41.1 Å². The van der Waals surface area contributed by atoms with Crippen molar-refractivity contribution in [3.63, 3.8) is 0 Å². The molecule has 3 N–H and O–H groups in total. The first-order valence-corrected chi connectivity index (χ1v) is 5.54. The highest BCUT2D eigenvalue weighted by Gasteiger charge is 2.33. The van der Waals surface area contributed by atoms with Gasteiger partial charge < -0.3 is 15.7 Å². The Bertz CT molecular complexity index is 235. The minimum Gasteiger partial charge on any atom is -0.389 e. The fourth-order valence-electron chi connectivity index (χ4n) is 2.24. The summed E-state index contributed by atoms with van der Waals surface area (Å²) in [6.07, 6.45) is 2.86. The van der Waals surface area contributed by atoms with Gasteiger partial charge in [0.05, 0.1) is 11.5 Å². The highest BCUT2D eigenvalue weighted by molar-refractivity contribution is 5.79. The van der Waals surface area contributed by atoms with Crippen molar-refractivity contribution in [1.29, 1.82) is 0 Å². The Morgan fingerprint density at radius 3 is 2.53 bits per heavy atom. The average Bonchev–Trinajstić information content (AvgIpc) is 2.47. The number of hydrogen-bond donors (Lipinski definition) is 2. The molecule has 0 aromatic heterocycles. The van der Waals surface area contributed by atoms with E-state index in [1.165, 1.54) is 0 Å². The van der Waals surface area contributed by atoms with Gasteiger partial charge in [-0.05, 0) is 26.7 Å². The molecular formula is C11H22N2O2. The van der Waals surface area contributed by atoms with E-state index in [1.807, 2.05) is 0 Å². The van der Waals surface area contributed by atoms with E-state index in [0.717, 1.165) is 19.3 Å². The number of nitrogens with two attached hydrogens (primary N) is 1. The molecule has 0 aromatic carbocycles. The molecule has 2 unspecified atom stereocenters. The zero-order valence-corrected chi connectivity index (χ0v) is 9.86. The fourth-order valence-corrected chi connectivity index (χ4v) is 2.24. The molecule has 0 bridgehead atoms. The number of hydrogen-bond acceptors (Lipinski definition) is 3. The lowest BCUT2D eigenvalue weighted by molar-refractivity contribution is -0.137. The number of likely N-dealkylation sites (N-methyl/N-ethyl adjacent to an activating group) is 1. The number of carbonyl (C=O) groups is 1. The number of amides is 1. The Kier molecular flexibility index (Phi) is 3.73. The van der Waals surface area contributed by atoms with Gasteiger partial charge in [0.1, 0.15) is 0 Å². The van der Waals surface area contributed by atoms with E-state index in [9.17, 15) is 9.90 Å². The fraction of sp³-hybridized carbons (Fsp3) is 0.909. The monoisotopic (exact) mass is 214 g/mol. The molecule has 4 nitrogen and oxygen atoms in total. The lowest BCUT2D eigenvalue weighted by Gasteiger charge is -2.28. The lowest BCUT2D eigenvalue weighted by atomic mass is 10.0. The summed E-state index contributed by atoms with van der Waals surface area (Å²) >= 11 is 0. The van der Waals surface area contributed by atoms with Gasteiger partial charge in [-0.15, -0.1) is 0 Å². The van der Waals surface area contributed by atoms with Crippen LogP contribution in [0.5, 0.6) is 0 Å². The Hall–Kier alpha value is -0.610. The zero-order valence-electron chi connectivity index (χ0n) is 9.86. The predicted molar refractivity (Wildman–Crippen MR) is 59.3 cm³/mol. The van der Waals surface area contributed by atoms with E-state index < -0.39 is 5.60 Å². The highest BCUT2D eigenvalue weighted by Crippen LogP contribution is 2.25. The van der Waals surface area contributed by atoms with Gasteiger partial charge in [0, 0.05) is 19.6 Å². The molecule has 0 spiro atoms. The Balaban J connectivity index is 2.52. The summed E-state index contributed by atoms with van der Waals surface area (Å²) < 4.78 is 0. The van der Waals surface area contributed by atoms with Crippen molar-refractivity contribution < 1.29 is 9.90 Å². The maximum atomic E-state index is 12.0. The van der Waals surface area contributed by atoms with Gasteiger partial charge in [-0.3, -0.25) is 4.79 Å². The van der Waals surface area contributed by atoms with Crippen LogP contribution in [0.25, 0.3) is 0 Å². The predicted octanol–water partition coefficient (Wildman–Crippen LogP) is 0.343. The molecule has 2 atom stereocenters. The molecule has 4 heteroatoms. The first kappa shape index (κ1) is 12.5. The number of aliphatic hydroxyl groups is 1. The summed E-state index contributed by atoms with van der Waals surface area (Å²) in [6, 6.07) is 0.00163. The maximum absolute atomic E-state index is 12.0.